The summed E-state index contributed by atoms with van der Waals surface area (Å²) in [5.74, 6) is 0.391. The molecule has 0 saturated heterocycles. The molecule has 0 spiro atoms. The molecule has 0 aliphatic heterocycles. The van der Waals surface area contributed by atoms with E-state index in [1.54, 1.807) is 0 Å². The molecule has 2 saturated carbocycles. The first-order valence-corrected chi connectivity index (χ1v) is 8.31. The Hall–Kier alpha value is -1.26. The summed E-state index contributed by atoms with van der Waals surface area (Å²) in [5.41, 5.74) is -1.07. The predicted octanol–water partition coefficient (Wildman–Crippen LogP) is 2.90. The molecule has 2 atom stereocenters. The third-order valence-electron chi connectivity index (χ3n) is 5.07. The normalized spacial score (nSPS) is 28.6. The van der Waals surface area contributed by atoms with Crippen molar-refractivity contribution in [2.45, 2.75) is 70.3 Å². The van der Waals surface area contributed by atoms with Crippen molar-refractivity contribution in [2.75, 3.05) is 6.54 Å². The van der Waals surface area contributed by atoms with Crippen LogP contribution in [0.2, 0.25) is 0 Å². The average molecular weight is 296 g/mol. The van der Waals surface area contributed by atoms with Gasteiger partial charge in [-0.15, -0.1) is 0 Å². The second-order valence-electron chi connectivity index (χ2n) is 6.92. The molecule has 2 rings (SSSR count). The minimum Gasteiger partial charge on any atom is -0.480 e. The van der Waals surface area contributed by atoms with Crippen molar-refractivity contribution in [3.8, 4) is 0 Å². The maximum absolute atomic E-state index is 12.1. The molecule has 0 radical (unpaired) electrons. The van der Waals surface area contributed by atoms with Crippen molar-refractivity contribution in [2.24, 2.45) is 11.8 Å². The summed E-state index contributed by atoms with van der Waals surface area (Å²) in [4.78, 5) is 23.7. The number of aliphatic carboxylic acids is 1. The lowest BCUT2D eigenvalue weighted by atomic mass is 9.90. The fourth-order valence-electron chi connectivity index (χ4n) is 3.73. The number of carboxylic acids is 1. The lowest BCUT2D eigenvalue weighted by Gasteiger charge is -2.29. The van der Waals surface area contributed by atoms with Crippen LogP contribution in [0, 0.1) is 11.8 Å². The summed E-state index contributed by atoms with van der Waals surface area (Å²) in [6.07, 6.45) is 8.46. The maximum Gasteiger partial charge on any atom is 0.329 e. The molecule has 2 aliphatic carbocycles. The topological polar surface area (TPSA) is 78.4 Å². The van der Waals surface area contributed by atoms with E-state index in [1.807, 2.05) is 0 Å². The van der Waals surface area contributed by atoms with Gasteiger partial charge in [0.2, 0.25) is 0 Å². The molecule has 2 amide bonds. The lowest BCUT2D eigenvalue weighted by molar-refractivity contribution is -0.145. The smallest absolute Gasteiger partial charge is 0.329 e. The van der Waals surface area contributed by atoms with Crippen LogP contribution in [0.15, 0.2) is 0 Å². The van der Waals surface area contributed by atoms with Gasteiger partial charge in [0.15, 0.2) is 0 Å². The van der Waals surface area contributed by atoms with Crippen LogP contribution in [0.4, 0.5) is 4.79 Å². The molecule has 0 aromatic heterocycles. The van der Waals surface area contributed by atoms with Gasteiger partial charge in [0.05, 0.1) is 0 Å². The lowest BCUT2D eigenvalue weighted by Crippen LogP contribution is -2.57. The van der Waals surface area contributed by atoms with Crippen LogP contribution in [0.1, 0.15) is 64.7 Å². The number of hydrogen-bond donors (Lipinski definition) is 3. The highest BCUT2D eigenvalue weighted by Crippen LogP contribution is 2.30. The maximum atomic E-state index is 12.1. The summed E-state index contributed by atoms with van der Waals surface area (Å²) in [5, 5.41) is 15.2. The number of carbonyl (C=O) groups is 2. The molecular weight excluding hydrogens is 268 g/mol. The fraction of sp³-hybridized carbons (Fsp3) is 0.875. The number of carbonyl (C=O) groups excluding carboxylic acids is 1. The van der Waals surface area contributed by atoms with Gasteiger partial charge in [-0.25, -0.2) is 9.59 Å². The van der Waals surface area contributed by atoms with E-state index >= 15 is 0 Å². The largest absolute Gasteiger partial charge is 0.480 e. The van der Waals surface area contributed by atoms with Gasteiger partial charge in [-0.05, 0) is 37.5 Å². The van der Waals surface area contributed by atoms with E-state index in [1.165, 1.54) is 6.42 Å². The Morgan fingerprint density at radius 2 is 1.81 bits per heavy atom. The first kappa shape index (κ1) is 16.1. The number of amides is 2. The van der Waals surface area contributed by atoms with Gasteiger partial charge in [-0.3, -0.25) is 0 Å². The summed E-state index contributed by atoms with van der Waals surface area (Å²) < 4.78 is 0. The van der Waals surface area contributed by atoms with Crippen LogP contribution in [-0.4, -0.2) is 29.2 Å². The summed E-state index contributed by atoms with van der Waals surface area (Å²) in [6, 6.07) is -0.321. The summed E-state index contributed by atoms with van der Waals surface area (Å²) in [7, 11) is 0. The monoisotopic (exact) mass is 296 g/mol. The summed E-state index contributed by atoms with van der Waals surface area (Å²) >= 11 is 0. The predicted molar refractivity (Wildman–Crippen MR) is 81.1 cm³/mol. The molecule has 2 unspecified atom stereocenters. The van der Waals surface area contributed by atoms with Gasteiger partial charge < -0.3 is 15.7 Å². The van der Waals surface area contributed by atoms with Crippen LogP contribution < -0.4 is 10.6 Å². The van der Waals surface area contributed by atoms with Crippen molar-refractivity contribution >= 4 is 12.0 Å². The highest BCUT2D eigenvalue weighted by atomic mass is 16.4. The van der Waals surface area contributed by atoms with Crippen LogP contribution in [0.25, 0.3) is 0 Å². The molecular formula is C16H28N2O3. The average Bonchev–Trinajstić information content (AvgIpc) is 2.71. The second-order valence-corrected chi connectivity index (χ2v) is 6.92. The standard InChI is InChI=1S/C16H28N2O3/c1-12-6-7-13(10-12)11-17-15(21)18-16(14(19)20)8-4-2-3-5-9-16/h12-13H,2-11H2,1H3,(H,19,20)(H2,17,18,21). The van der Waals surface area contributed by atoms with Gasteiger partial charge in [0.25, 0.3) is 0 Å². The van der Waals surface area contributed by atoms with Crippen LogP contribution in [0.5, 0.6) is 0 Å². The molecule has 2 fully saturated rings. The van der Waals surface area contributed by atoms with Crippen LogP contribution in [0.3, 0.4) is 0 Å². The SMILES string of the molecule is CC1CCC(CNC(=O)NC2(C(=O)O)CCCCCC2)C1. The Labute approximate surface area is 126 Å². The Morgan fingerprint density at radius 1 is 1.14 bits per heavy atom. The Balaban J connectivity index is 1.84. The van der Waals surface area contributed by atoms with Gasteiger partial charge in [-0.1, -0.05) is 39.0 Å². The zero-order valence-corrected chi connectivity index (χ0v) is 13.0. The van der Waals surface area contributed by atoms with Gasteiger partial charge in [0, 0.05) is 6.54 Å². The minimum atomic E-state index is -1.07. The third-order valence-corrected chi connectivity index (χ3v) is 5.07. The highest BCUT2D eigenvalue weighted by molar-refractivity contribution is 5.86. The van der Waals surface area contributed by atoms with E-state index < -0.39 is 11.5 Å². The number of hydrogen-bond acceptors (Lipinski definition) is 2. The van der Waals surface area contributed by atoms with Gasteiger partial charge in [0.1, 0.15) is 5.54 Å². The minimum absolute atomic E-state index is 0.321. The van der Waals surface area contributed by atoms with E-state index in [0.29, 0.717) is 25.3 Å². The first-order valence-electron chi connectivity index (χ1n) is 8.31. The van der Waals surface area contributed by atoms with Crippen molar-refractivity contribution < 1.29 is 14.7 Å². The van der Waals surface area contributed by atoms with E-state index in [4.69, 9.17) is 0 Å². The molecule has 5 nitrogen and oxygen atoms in total. The first-order chi connectivity index (χ1) is 10.0. The summed E-state index contributed by atoms with van der Waals surface area (Å²) in [6.45, 7) is 2.90. The highest BCUT2D eigenvalue weighted by Gasteiger charge is 2.40. The van der Waals surface area contributed by atoms with Crippen molar-refractivity contribution in [1.29, 1.82) is 0 Å². The Kier molecular flexibility index (Phi) is 5.48. The number of nitrogens with one attached hydrogen (secondary N) is 2. The molecule has 120 valence electrons. The fourth-order valence-corrected chi connectivity index (χ4v) is 3.73. The molecule has 5 heteroatoms. The second kappa shape index (κ2) is 7.14. The molecule has 0 bridgehead atoms. The molecule has 0 aromatic carbocycles. The van der Waals surface area contributed by atoms with Crippen LogP contribution >= 0.6 is 0 Å². The quantitative estimate of drug-likeness (QED) is 0.698. The van der Waals surface area contributed by atoms with Crippen LogP contribution in [-0.2, 0) is 4.79 Å². The van der Waals surface area contributed by atoms with Crippen molar-refractivity contribution in [3.63, 3.8) is 0 Å². The van der Waals surface area contributed by atoms with Gasteiger partial charge in [-0.2, -0.15) is 0 Å². The molecule has 0 heterocycles. The molecule has 21 heavy (non-hydrogen) atoms. The van der Waals surface area contributed by atoms with E-state index in [9.17, 15) is 14.7 Å². The zero-order chi connectivity index (χ0) is 15.3. The van der Waals surface area contributed by atoms with Crippen molar-refractivity contribution in [1.82, 2.24) is 10.6 Å². The molecule has 3 N–H and O–H groups in total. The van der Waals surface area contributed by atoms with Crippen molar-refractivity contribution in [3.05, 3.63) is 0 Å². The molecule has 2 aliphatic rings. The number of urea groups is 1. The number of carboxylic acid groups (broad SMARTS) is 1. The Bertz CT molecular complexity index is 376. The Morgan fingerprint density at radius 3 is 2.33 bits per heavy atom. The van der Waals surface area contributed by atoms with E-state index in [-0.39, 0.29) is 6.03 Å². The van der Waals surface area contributed by atoms with Gasteiger partial charge >= 0.3 is 12.0 Å². The van der Waals surface area contributed by atoms with E-state index in [0.717, 1.165) is 44.4 Å². The van der Waals surface area contributed by atoms with E-state index in [2.05, 4.69) is 17.6 Å². The number of rotatable bonds is 4. The zero-order valence-electron chi connectivity index (χ0n) is 13.0. The third kappa shape index (κ3) is 4.35. The molecule has 0 aromatic rings.